The zero-order chi connectivity index (χ0) is 15.2. The van der Waals surface area contributed by atoms with E-state index in [4.69, 9.17) is 11.5 Å². The first-order valence-corrected chi connectivity index (χ1v) is 7.47. The molecule has 1 aliphatic rings. The molecule has 1 fully saturated rings. The quantitative estimate of drug-likeness (QED) is 0.584. The van der Waals surface area contributed by atoms with Crippen molar-refractivity contribution in [3.05, 3.63) is 29.8 Å². The van der Waals surface area contributed by atoms with Gasteiger partial charge in [-0.1, -0.05) is 17.7 Å². The van der Waals surface area contributed by atoms with Crippen molar-refractivity contribution in [2.75, 3.05) is 11.9 Å². The lowest BCUT2D eigenvalue weighted by atomic mass is 9.81. The predicted octanol–water partition coefficient (Wildman–Crippen LogP) is 2.01. The Bertz CT molecular complexity index is 498. The summed E-state index contributed by atoms with van der Waals surface area (Å²) >= 11 is 0. The third-order valence-electron chi connectivity index (χ3n) is 4.07. The van der Waals surface area contributed by atoms with Gasteiger partial charge in [-0.15, -0.1) is 0 Å². The second-order valence-electron chi connectivity index (χ2n) is 5.84. The molecule has 0 aromatic heterocycles. The van der Waals surface area contributed by atoms with Crippen molar-refractivity contribution in [2.45, 2.75) is 32.6 Å². The van der Waals surface area contributed by atoms with E-state index in [0.29, 0.717) is 12.5 Å². The molecule has 1 aromatic carbocycles. The number of carbonyl (C=O) groups excluding carboxylic acids is 1. The van der Waals surface area contributed by atoms with Crippen LogP contribution in [0.3, 0.4) is 0 Å². The monoisotopic (exact) mass is 288 g/mol. The topological polar surface area (TPSA) is 93.5 Å². The Kier molecular flexibility index (Phi) is 5.20. The highest BCUT2D eigenvalue weighted by molar-refractivity contribution is 5.92. The van der Waals surface area contributed by atoms with Gasteiger partial charge >= 0.3 is 0 Å². The maximum Gasteiger partial charge on any atom is 0.227 e. The van der Waals surface area contributed by atoms with Crippen LogP contribution in [0.4, 0.5) is 5.69 Å². The maximum atomic E-state index is 12.2. The van der Waals surface area contributed by atoms with Gasteiger partial charge in [0, 0.05) is 18.2 Å². The number of amides is 1. The van der Waals surface area contributed by atoms with Crippen molar-refractivity contribution < 1.29 is 4.79 Å². The third-order valence-corrected chi connectivity index (χ3v) is 4.07. The molecule has 21 heavy (non-hydrogen) atoms. The predicted molar refractivity (Wildman–Crippen MR) is 85.9 cm³/mol. The first kappa shape index (κ1) is 15.4. The molecule has 0 atom stereocenters. The zero-order valence-corrected chi connectivity index (χ0v) is 12.5. The molecule has 1 saturated carbocycles. The van der Waals surface area contributed by atoms with Crippen molar-refractivity contribution in [2.24, 2.45) is 28.3 Å². The van der Waals surface area contributed by atoms with Gasteiger partial charge in [0.2, 0.25) is 5.91 Å². The summed E-state index contributed by atoms with van der Waals surface area (Å²) in [5.41, 5.74) is 12.7. The van der Waals surface area contributed by atoms with E-state index < -0.39 is 0 Å². The normalized spacial score (nSPS) is 21.6. The van der Waals surface area contributed by atoms with E-state index in [1.807, 2.05) is 31.2 Å². The fraction of sp³-hybridized carbons (Fsp3) is 0.500. The fourth-order valence-corrected chi connectivity index (χ4v) is 2.72. The molecule has 0 heterocycles. The van der Waals surface area contributed by atoms with E-state index in [-0.39, 0.29) is 17.8 Å². The number of rotatable bonds is 4. The highest BCUT2D eigenvalue weighted by atomic mass is 16.1. The smallest absolute Gasteiger partial charge is 0.227 e. The molecule has 5 N–H and O–H groups in total. The highest BCUT2D eigenvalue weighted by Crippen LogP contribution is 2.29. The SMILES string of the molecule is Cc1ccc(NC(=O)C2CCC(CN=C(N)N)CC2)cc1. The summed E-state index contributed by atoms with van der Waals surface area (Å²) in [6.45, 7) is 2.71. The van der Waals surface area contributed by atoms with Crippen LogP contribution in [-0.4, -0.2) is 18.4 Å². The van der Waals surface area contributed by atoms with E-state index >= 15 is 0 Å². The number of anilines is 1. The van der Waals surface area contributed by atoms with Gasteiger partial charge in [-0.05, 0) is 50.7 Å². The second kappa shape index (κ2) is 7.11. The lowest BCUT2D eigenvalue weighted by Gasteiger charge is -2.26. The van der Waals surface area contributed by atoms with Crippen molar-refractivity contribution >= 4 is 17.6 Å². The summed E-state index contributed by atoms with van der Waals surface area (Å²) < 4.78 is 0. The van der Waals surface area contributed by atoms with Crippen LogP contribution in [-0.2, 0) is 4.79 Å². The number of guanidine groups is 1. The molecular weight excluding hydrogens is 264 g/mol. The van der Waals surface area contributed by atoms with Crippen LogP contribution < -0.4 is 16.8 Å². The summed E-state index contributed by atoms with van der Waals surface area (Å²) in [4.78, 5) is 16.3. The largest absolute Gasteiger partial charge is 0.370 e. The van der Waals surface area contributed by atoms with Crippen LogP contribution in [0.1, 0.15) is 31.2 Å². The number of nitrogens with zero attached hydrogens (tertiary/aromatic N) is 1. The van der Waals surface area contributed by atoms with E-state index in [2.05, 4.69) is 10.3 Å². The third kappa shape index (κ3) is 4.77. The lowest BCUT2D eigenvalue weighted by molar-refractivity contribution is -0.121. The summed E-state index contributed by atoms with van der Waals surface area (Å²) in [5.74, 6) is 0.866. The average Bonchev–Trinajstić information content (AvgIpc) is 2.48. The summed E-state index contributed by atoms with van der Waals surface area (Å²) in [5, 5.41) is 3.00. The lowest BCUT2D eigenvalue weighted by Crippen LogP contribution is -2.29. The maximum absolute atomic E-state index is 12.2. The van der Waals surface area contributed by atoms with Gasteiger partial charge in [0.25, 0.3) is 0 Å². The van der Waals surface area contributed by atoms with E-state index in [1.54, 1.807) is 0 Å². The number of hydrogen-bond donors (Lipinski definition) is 3. The molecule has 0 bridgehead atoms. The van der Waals surface area contributed by atoms with Gasteiger partial charge < -0.3 is 16.8 Å². The van der Waals surface area contributed by atoms with Gasteiger partial charge in [0.1, 0.15) is 0 Å². The summed E-state index contributed by atoms with van der Waals surface area (Å²) in [6, 6.07) is 7.89. The molecule has 0 radical (unpaired) electrons. The molecule has 5 nitrogen and oxygen atoms in total. The van der Waals surface area contributed by atoms with E-state index in [9.17, 15) is 4.79 Å². The molecule has 0 spiro atoms. The molecule has 1 aliphatic carbocycles. The Morgan fingerprint density at radius 2 is 1.81 bits per heavy atom. The second-order valence-corrected chi connectivity index (χ2v) is 5.84. The standard InChI is InChI=1S/C16H24N4O/c1-11-2-8-14(9-3-11)20-15(21)13-6-4-12(5-7-13)10-19-16(17)18/h2-3,8-9,12-13H,4-7,10H2,1H3,(H,20,21)(H4,17,18,19). The van der Waals surface area contributed by atoms with Gasteiger partial charge in [0.05, 0.1) is 0 Å². The van der Waals surface area contributed by atoms with Crippen molar-refractivity contribution in [1.82, 2.24) is 0 Å². The fourth-order valence-electron chi connectivity index (χ4n) is 2.72. The van der Waals surface area contributed by atoms with Gasteiger partial charge in [-0.2, -0.15) is 0 Å². The molecule has 1 amide bonds. The number of nitrogens with two attached hydrogens (primary N) is 2. The van der Waals surface area contributed by atoms with Crippen LogP contribution in [0.25, 0.3) is 0 Å². The zero-order valence-electron chi connectivity index (χ0n) is 12.5. The molecule has 2 rings (SSSR count). The molecule has 0 saturated heterocycles. The average molecular weight is 288 g/mol. The van der Waals surface area contributed by atoms with Gasteiger partial charge in [0.15, 0.2) is 5.96 Å². The first-order valence-electron chi connectivity index (χ1n) is 7.47. The Hall–Kier alpha value is -2.04. The molecule has 0 unspecified atom stereocenters. The minimum atomic E-state index is 0.0988. The van der Waals surface area contributed by atoms with Gasteiger partial charge in [-0.25, -0.2) is 0 Å². The number of aryl methyl sites for hydroxylation is 1. The van der Waals surface area contributed by atoms with E-state index in [1.165, 1.54) is 5.56 Å². The minimum Gasteiger partial charge on any atom is -0.370 e. The summed E-state index contributed by atoms with van der Waals surface area (Å²) in [6.07, 6.45) is 3.82. The Morgan fingerprint density at radius 3 is 2.38 bits per heavy atom. The molecule has 114 valence electrons. The summed E-state index contributed by atoms with van der Waals surface area (Å²) in [7, 11) is 0. The van der Waals surface area contributed by atoms with Gasteiger partial charge in [-0.3, -0.25) is 9.79 Å². The van der Waals surface area contributed by atoms with Crippen LogP contribution in [0.5, 0.6) is 0 Å². The highest BCUT2D eigenvalue weighted by Gasteiger charge is 2.26. The van der Waals surface area contributed by atoms with E-state index in [0.717, 1.165) is 31.4 Å². The molecule has 5 heteroatoms. The van der Waals surface area contributed by atoms with Crippen LogP contribution >= 0.6 is 0 Å². The number of nitrogens with one attached hydrogen (secondary N) is 1. The van der Waals surface area contributed by atoms with Crippen LogP contribution in [0.15, 0.2) is 29.3 Å². The van der Waals surface area contributed by atoms with Crippen molar-refractivity contribution in [3.63, 3.8) is 0 Å². The molecule has 0 aliphatic heterocycles. The Balaban J connectivity index is 1.80. The number of benzene rings is 1. The van der Waals surface area contributed by atoms with Crippen LogP contribution in [0, 0.1) is 18.8 Å². The van der Waals surface area contributed by atoms with Crippen molar-refractivity contribution in [1.29, 1.82) is 0 Å². The minimum absolute atomic E-state index is 0.0988. The number of hydrogen-bond acceptors (Lipinski definition) is 2. The first-order chi connectivity index (χ1) is 10.0. The molecular formula is C16H24N4O. The van der Waals surface area contributed by atoms with Crippen molar-refractivity contribution in [3.8, 4) is 0 Å². The Morgan fingerprint density at radius 1 is 1.19 bits per heavy atom. The number of carbonyl (C=O) groups is 1. The Labute approximate surface area is 125 Å². The van der Waals surface area contributed by atoms with Crippen LogP contribution in [0.2, 0.25) is 0 Å². The molecule has 1 aromatic rings. The number of aliphatic imine (C=N–C) groups is 1.